The lowest BCUT2D eigenvalue weighted by molar-refractivity contribution is -0.121. The molecule has 1 saturated carbocycles. The number of carbonyl (C=O) groups excluding carboxylic acids is 3. The molecule has 3 N–H and O–H groups in total. The van der Waals surface area contributed by atoms with Crippen molar-refractivity contribution in [2.24, 2.45) is 5.92 Å². The van der Waals surface area contributed by atoms with Crippen LogP contribution >= 0.6 is 0 Å². The summed E-state index contributed by atoms with van der Waals surface area (Å²) in [5.41, 5.74) is 2.64. The fraction of sp³-hybridized carbons (Fsp3) is 0.400. The van der Waals surface area contributed by atoms with Gasteiger partial charge in [-0.05, 0) is 62.6 Å². The van der Waals surface area contributed by atoms with E-state index in [0.717, 1.165) is 18.4 Å². The molecule has 0 bridgehead atoms. The molecule has 1 aliphatic heterocycles. The lowest BCUT2D eigenvalue weighted by Crippen LogP contribution is -2.54. The minimum Gasteiger partial charge on any atom is -0.326 e. The van der Waals surface area contributed by atoms with Gasteiger partial charge in [0.05, 0.1) is 6.04 Å². The molecule has 4 rings (SSSR count). The molecule has 4 amide bonds. The Hall–Kier alpha value is -3.46. The van der Waals surface area contributed by atoms with Crippen molar-refractivity contribution in [2.75, 3.05) is 42.1 Å². The van der Waals surface area contributed by atoms with Crippen molar-refractivity contribution in [1.82, 2.24) is 9.80 Å². The van der Waals surface area contributed by atoms with Gasteiger partial charge in [0.15, 0.2) is 0 Å². The average Bonchev–Trinajstić information content (AvgIpc) is 3.66. The first-order chi connectivity index (χ1) is 16.3. The van der Waals surface area contributed by atoms with E-state index in [4.69, 9.17) is 0 Å². The van der Waals surface area contributed by atoms with Crippen LogP contribution in [0.5, 0.6) is 0 Å². The summed E-state index contributed by atoms with van der Waals surface area (Å²) in [4.78, 5) is 41.2. The number of rotatable bonds is 6. The van der Waals surface area contributed by atoms with Crippen LogP contribution in [0.15, 0.2) is 42.5 Å². The summed E-state index contributed by atoms with van der Waals surface area (Å²) >= 11 is 0. The predicted octanol–water partition coefficient (Wildman–Crippen LogP) is 3.66. The van der Waals surface area contributed by atoms with Gasteiger partial charge in [-0.25, -0.2) is 9.18 Å². The van der Waals surface area contributed by atoms with Crippen molar-refractivity contribution in [1.29, 1.82) is 0 Å². The van der Waals surface area contributed by atoms with Crippen molar-refractivity contribution in [3.05, 3.63) is 53.8 Å². The van der Waals surface area contributed by atoms with Gasteiger partial charge in [-0.15, -0.1) is 0 Å². The molecule has 34 heavy (non-hydrogen) atoms. The van der Waals surface area contributed by atoms with Gasteiger partial charge in [0, 0.05) is 49.2 Å². The van der Waals surface area contributed by atoms with Gasteiger partial charge < -0.3 is 20.9 Å². The molecule has 2 aromatic rings. The summed E-state index contributed by atoms with van der Waals surface area (Å²) in [6, 6.07) is 10.6. The Morgan fingerprint density at radius 1 is 0.941 bits per heavy atom. The van der Waals surface area contributed by atoms with Gasteiger partial charge in [0.1, 0.15) is 5.82 Å². The number of hydrogen-bond donors (Lipinski definition) is 3. The number of anilines is 3. The molecule has 2 aliphatic rings. The molecule has 8 nitrogen and oxygen atoms in total. The Bertz CT molecular complexity index is 1080. The van der Waals surface area contributed by atoms with Crippen molar-refractivity contribution in [3.8, 4) is 0 Å². The van der Waals surface area contributed by atoms with Gasteiger partial charge in [0.2, 0.25) is 11.8 Å². The van der Waals surface area contributed by atoms with E-state index in [1.165, 1.54) is 12.1 Å². The average molecular weight is 468 g/mol. The molecular formula is C25H30FN5O3. The molecule has 0 radical (unpaired) electrons. The fourth-order valence-corrected chi connectivity index (χ4v) is 3.91. The Labute approximate surface area is 198 Å². The van der Waals surface area contributed by atoms with Crippen LogP contribution in [0.2, 0.25) is 0 Å². The summed E-state index contributed by atoms with van der Waals surface area (Å²) in [6.07, 6.45) is 1.86. The molecule has 2 aromatic carbocycles. The summed E-state index contributed by atoms with van der Waals surface area (Å²) in [5, 5.41) is 8.59. The molecule has 180 valence electrons. The number of halogens is 1. The Kier molecular flexibility index (Phi) is 7.12. The van der Waals surface area contributed by atoms with E-state index < -0.39 is 11.9 Å². The van der Waals surface area contributed by atoms with Crippen molar-refractivity contribution in [2.45, 2.75) is 32.7 Å². The van der Waals surface area contributed by atoms with E-state index >= 15 is 0 Å². The van der Waals surface area contributed by atoms with Crippen molar-refractivity contribution >= 4 is 34.9 Å². The first kappa shape index (κ1) is 23.7. The van der Waals surface area contributed by atoms with Crippen LogP contribution < -0.4 is 16.0 Å². The van der Waals surface area contributed by atoms with Gasteiger partial charge in [-0.2, -0.15) is 0 Å². The van der Waals surface area contributed by atoms with Gasteiger partial charge in [-0.3, -0.25) is 14.5 Å². The third-order valence-corrected chi connectivity index (χ3v) is 6.32. The number of aryl methyl sites for hydroxylation is 1. The van der Waals surface area contributed by atoms with Crippen LogP contribution in [0.25, 0.3) is 0 Å². The van der Waals surface area contributed by atoms with E-state index in [0.29, 0.717) is 43.2 Å². The Balaban J connectivity index is 1.28. The van der Waals surface area contributed by atoms with Crippen LogP contribution in [-0.2, 0) is 9.59 Å². The minimum atomic E-state index is -0.414. The molecule has 1 atom stereocenters. The van der Waals surface area contributed by atoms with Gasteiger partial charge in [0.25, 0.3) is 0 Å². The lowest BCUT2D eigenvalue weighted by Gasteiger charge is -2.37. The Morgan fingerprint density at radius 2 is 1.65 bits per heavy atom. The third-order valence-electron chi connectivity index (χ3n) is 6.32. The van der Waals surface area contributed by atoms with E-state index in [9.17, 15) is 18.8 Å². The van der Waals surface area contributed by atoms with E-state index in [-0.39, 0.29) is 23.8 Å². The second kappa shape index (κ2) is 10.2. The number of amides is 4. The number of hydrogen-bond acceptors (Lipinski definition) is 4. The Morgan fingerprint density at radius 3 is 2.32 bits per heavy atom. The number of nitrogens with one attached hydrogen (secondary N) is 3. The molecule has 1 unspecified atom stereocenters. The highest BCUT2D eigenvalue weighted by Gasteiger charge is 2.30. The molecule has 1 heterocycles. The standard InChI is InChI=1S/C25H30FN5O3/c1-16-6-9-21(28-24(33)18-7-8-18)15-22(16)29-25(34)31-12-10-30(11-13-31)17(2)23(32)27-20-5-3-4-19(26)14-20/h3-6,9,14-15,17-18H,7-8,10-13H2,1-2H3,(H,27,32)(H,28,33)(H,29,34). The van der Waals surface area contributed by atoms with Crippen LogP contribution in [0.3, 0.4) is 0 Å². The van der Waals surface area contributed by atoms with E-state index in [1.807, 2.05) is 24.0 Å². The molecule has 0 aromatic heterocycles. The normalized spacial score (nSPS) is 17.1. The second-order valence-electron chi connectivity index (χ2n) is 8.92. The summed E-state index contributed by atoms with van der Waals surface area (Å²) in [5.74, 6) is -0.498. The van der Waals surface area contributed by atoms with E-state index in [2.05, 4.69) is 16.0 Å². The summed E-state index contributed by atoms with van der Waals surface area (Å²) in [7, 11) is 0. The molecule has 2 fully saturated rings. The van der Waals surface area contributed by atoms with Crippen LogP contribution in [0.1, 0.15) is 25.3 Å². The maximum absolute atomic E-state index is 13.4. The predicted molar refractivity (Wildman–Crippen MR) is 129 cm³/mol. The highest BCUT2D eigenvalue weighted by Crippen LogP contribution is 2.31. The third kappa shape index (κ3) is 5.91. The number of urea groups is 1. The molecule has 1 aliphatic carbocycles. The lowest BCUT2D eigenvalue weighted by atomic mass is 10.1. The van der Waals surface area contributed by atoms with Crippen molar-refractivity contribution in [3.63, 3.8) is 0 Å². The first-order valence-electron chi connectivity index (χ1n) is 11.6. The number of carbonyl (C=O) groups is 3. The molecular weight excluding hydrogens is 437 g/mol. The highest BCUT2D eigenvalue weighted by atomic mass is 19.1. The highest BCUT2D eigenvalue weighted by molar-refractivity contribution is 5.96. The SMILES string of the molecule is Cc1ccc(NC(=O)C2CC2)cc1NC(=O)N1CCN(C(C)C(=O)Nc2cccc(F)c2)CC1. The smallest absolute Gasteiger partial charge is 0.321 e. The summed E-state index contributed by atoms with van der Waals surface area (Å²) in [6.45, 7) is 5.73. The largest absolute Gasteiger partial charge is 0.326 e. The monoisotopic (exact) mass is 467 g/mol. The van der Waals surface area contributed by atoms with Gasteiger partial charge in [-0.1, -0.05) is 12.1 Å². The zero-order chi connectivity index (χ0) is 24.2. The molecule has 9 heteroatoms. The van der Waals surface area contributed by atoms with Crippen LogP contribution in [0, 0.1) is 18.7 Å². The maximum atomic E-state index is 13.4. The number of nitrogens with zero attached hydrogens (tertiary/aromatic N) is 2. The van der Waals surface area contributed by atoms with Gasteiger partial charge >= 0.3 is 6.03 Å². The van der Waals surface area contributed by atoms with E-state index in [1.54, 1.807) is 30.0 Å². The van der Waals surface area contributed by atoms with Crippen molar-refractivity contribution < 1.29 is 18.8 Å². The molecule has 0 spiro atoms. The topological polar surface area (TPSA) is 93.8 Å². The van der Waals surface area contributed by atoms with Crippen LogP contribution in [-0.4, -0.2) is 59.9 Å². The first-order valence-corrected chi connectivity index (χ1v) is 11.6. The zero-order valence-corrected chi connectivity index (χ0v) is 19.4. The maximum Gasteiger partial charge on any atom is 0.321 e. The van der Waals surface area contributed by atoms with Crippen LogP contribution in [0.4, 0.5) is 26.2 Å². The molecule has 1 saturated heterocycles. The number of piperazine rings is 1. The second-order valence-corrected chi connectivity index (χ2v) is 8.92. The zero-order valence-electron chi connectivity index (χ0n) is 19.4. The minimum absolute atomic E-state index is 0.0211. The summed E-state index contributed by atoms with van der Waals surface area (Å²) < 4.78 is 13.4. The number of benzene rings is 2. The fourth-order valence-electron chi connectivity index (χ4n) is 3.91. The quantitative estimate of drug-likeness (QED) is 0.605.